The zero-order valence-corrected chi connectivity index (χ0v) is 10.9. The summed E-state index contributed by atoms with van der Waals surface area (Å²) in [6.45, 7) is 0. The molecule has 0 amide bonds. The number of nitrogens with zero attached hydrogens (tertiary/aromatic N) is 4. The van der Waals surface area contributed by atoms with Crippen molar-refractivity contribution in [1.82, 2.24) is 19.6 Å². The lowest BCUT2D eigenvalue weighted by Crippen LogP contribution is -2.15. The molecule has 20 heavy (non-hydrogen) atoms. The average molecular weight is 266 g/mol. The Labute approximate surface area is 115 Å². The third kappa shape index (κ3) is 1.58. The van der Waals surface area contributed by atoms with Crippen molar-refractivity contribution in [3.8, 4) is 11.3 Å². The number of anilines is 1. The Bertz CT molecular complexity index is 777. The van der Waals surface area contributed by atoms with Crippen LogP contribution < -0.4 is 11.3 Å². The van der Waals surface area contributed by atoms with Gasteiger partial charge in [0.1, 0.15) is 5.82 Å². The summed E-state index contributed by atoms with van der Waals surface area (Å²) in [4.78, 5) is 8.73. The molecule has 6 nitrogen and oxygen atoms in total. The molecule has 100 valence electrons. The van der Waals surface area contributed by atoms with E-state index in [0.717, 1.165) is 47.7 Å². The van der Waals surface area contributed by atoms with Gasteiger partial charge in [0.15, 0.2) is 5.65 Å². The van der Waals surface area contributed by atoms with Gasteiger partial charge < -0.3 is 5.43 Å². The van der Waals surface area contributed by atoms with Crippen molar-refractivity contribution in [2.75, 3.05) is 5.43 Å². The normalized spacial score (nSPS) is 13.7. The van der Waals surface area contributed by atoms with Gasteiger partial charge in [0.2, 0.25) is 0 Å². The lowest BCUT2D eigenvalue weighted by molar-refractivity contribution is 0.900. The van der Waals surface area contributed by atoms with E-state index in [2.05, 4.69) is 15.5 Å². The molecule has 4 rings (SSSR count). The van der Waals surface area contributed by atoms with Gasteiger partial charge in [-0.25, -0.2) is 10.8 Å². The van der Waals surface area contributed by atoms with Gasteiger partial charge in [0.05, 0.1) is 5.69 Å². The Hall–Kier alpha value is -2.47. The summed E-state index contributed by atoms with van der Waals surface area (Å²) in [5.41, 5.74) is 7.82. The van der Waals surface area contributed by atoms with Crippen LogP contribution in [0.25, 0.3) is 16.9 Å². The van der Waals surface area contributed by atoms with Crippen molar-refractivity contribution in [3.63, 3.8) is 0 Å². The number of aryl methyl sites for hydroxylation is 1. The summed E-state index contributed by atoms with van der Waals surface area (Å²) in [6, 6.07) is 5.85. The second-order valence-corrected chi connectivity index (χ2v) is 4.92. The summed E-state index contributed by atoms with van der Waals surface area (Å²) in [5, 5.41) is 4.62. The first-order valence-corrected chi connectivity index (χ1v) is 6.65. The smallest absolute Gasteiger partial charge is 0.158 e. The minimum absolute atomic E-state index is 0.824. The molecule has 0 unspecified atom stereocenters. The number of nitrogens with two attached hydrogens (primary N) is 1. The van der Waals surface area contributed by atoms with Gasteiger partial charge in [0.25, 0.3) is 0 Å². The molecule has 0 bridgehead atoms. The molecule has 1 aliphatic carbocycles. The lowest BCUT2D eigenvalue weighted by Gasteiger charge is -2.08. The molecule has 0 radical (unpaired) electrons. The van der Waals surface area contributed by atoms with Crippen LogP contribution in [-0.4, -0.2) is 19.6 Å². The average Bonchev–Trinajstić information content (AvgIpc) is 3.11. The SMILES string of the molecule is NNc1c2c(nc3cc(-c4ccncc4)nn13)CCC2. The van der Waals surface area contributed by atoms with Crippen molar-refractivity contribution in [3.05, 3.63) is 41.9 Å². The van der Waals surface area contributed by atoms with Gasteiger partial charge in [-0.05, 0) is 31.4 Å². The van der Waals surface area contributed by atoms with Gasteiger partial charge in [-0.2, -0.15) is 9.61 Å². The standard InChI is InChI=1S/C14H14N6/c15-18-14-10-2-1-3-11(10)17-13-8-12(19-20(13)14)9-4-6-16-7-5-9/h4-8,18H,1-3,15H2. The quantitative estimate of drug-likeness (QED) is 0.543. The predicted octanol–water partition coefficient (Wildman–Crippen LogP) is 1.57. The Balaban J connectivity index is 1.96. The van der Waals surface area contributed by atoms with Crippen molar-refractivity contribution < 1.29 is 0 Å². The number of nitrogen functional groups attached to an aromatic ring is 1. The first kappa shape index (κ1) is 11.4. The van der Waals surface area contributed by atoms with E-state index in [1.807, 2.05) is 18.2 Å². The largest absolute Gasteiger partial charge is 0.308 e. The van der Waals surface area contributed by atoms with E-state index in [0.29, 0.717) is 0 Å². The van der Waals surface area contributed by atoms with E-state index in [1.165, 1.54) is 5.56 Å². The number of nitrogens with one attached hydrogen (secondary N) is 1. The summed E-state index contributed by atoms with van der Waals surface area (Å²) < 4.78 is 1.79. The van der Waals surface area contributed by atoms with Gasteiger partial charge >= 0.3 is 0 Å². The van der Waals surface area contributed by atoms with Crippen LogP contribution in [0.2, 0.25) is 0 Å². The molecule has 3 aromatic heterocycles. The van der Waals surface area contributed by atoms with E-state index in [4.69, 9.17) is 10.8 Å². The monoisotopic (exact) mass is 266 g/mol. The van der Waals surface area contributed by atoms with Crippen molar-refractivity contribution >= 4 is 11.5 Å². The molecule has 1 aliphatic rings. The minimum atomic E-state index is 0.824. The van der Waals surface area contributed by atoms with E-state index >= 15 is 0 Å². The third-order valence-corrected chi connectivity index (χ3v) is 3.74. The van der Waals surface area contributed by atoms with Gasteiger partial charge in [-0.15, -0.1) is 0 Å². The molecule has 6 heteroatoms. The van der Waals surface area contributed by atoms with E-state index in [1.54, 1.807) is 16.9 Å². The second-order valence-electron chi connectivity index (χ2n) is 4.92. The summed E-state index contributed by atoms with van der Waals surface area (Å²) in [7, 11) is 0. The minimum Gasteiger partial charge on any atom is -0.308 e. The number of hydrogen-bond acceptors (Lipinski definition) is 5. The van der Waals surface area contributed by atoms with Crippen LogP contribution in [0.3, 0.4) is 0 Å². The molecule has 3 heterocycles. The van der Waals surface area contributed by atoms with Gasteiger partial charge in [-0.3, -0.25) is 4.98 Å². The topological polar surface area (TPSA) is 81.1 Å². The third-order valence-electron chi connectivity index (χ3n) is 3.74. The molecule has 0 saturated carbocycles. The zero-order chi connectivity index (χ0) is 13.5. The highest BCUT2D eigenvalue weighted by Gasteiger charge is 2.20. The summed E-state index contributed by atoms with van der Waals surface area (Å²) in [5.74, 6) is 6.54. The molecule has 0 aliphatic heterocycles. The Morgan fingerprint density at radius 2 is 2.05 bits per heavy atom. The number of aromatic nitrogens is 4. The summed E-state index contributed by atoms with van der Waals surface area (Å²) >= 11 is 0. The Morgan fingerprint density at radius 1 is 1.20 bits per heavy atom. The number of pyridine rings is 1. The van der Waals surface area contributed by atoms with Crippen LogP contribution in [0.5, 0.6) is 0 Å². The molecule has 3 aromatic rings. The first-order chi connectivity index (χ1) is 9.86. The molecule has 0 atom stereocenters. The van der Waals surface area contributed by atoms with Crippen LogP contribution >= 0.6 is 0 Å². The van der Waals surface area contributed by atoms with E-state index in [-0.39, 0.29) is 0 Å². The maximum atomic E-state index is 5.69. The number of hydrazine groups is 1. The van der Waals surface area contributed by atoms with E-state index in [9.17, 15) is 0 Å². The Kier molecular flexibility index (Phi) is 2.43. The number of hydrogen-bond donors (Lipinski definition) is 2. The van der Waals surface area contributed by atoms with Crippen LogP contribution in [0.4, 0.5) is 5.82 Å². The van der Waals surface area contributed by atoms with E-state index < -0.39 is 0 Å². The summed E-state index contributed by atoms with van der Waals surface area (Å²) in [6.07, 6.45) is 6.66. The van der Waals surface area contributed by atoms with Crippen LogP contribution in [0, 0.1) is 0 Å². The molecule has 0 fully saturated rings. The highest BCUT2D eigenvalue weighted by Crippen LogP contribution is 2.29. The zero-order valence-electron chi connectivity index (χ0n) is 10.9. The van der Waals surface area contributed by atoms with Gasteiger partial charge in [0, 0.05) is 35.3 Å². The Morgan fingerprint density at radius 3 is 2.85 bits per heavy atom. The van der Waals surface area contributed by atoms with Crippen molar-refractivity contribution in [1.29, 1.82) is 0 Å². The van der Waals surface area contributed by atoms with Crippen molar-refractivity contribution in [2.24, 2.45) is 5.84 Å². The molecular formula is C14H14N6. The maximum Gasteiger partial charge on any atom is 0.158 e. The molecule has 3 N–H and O–H groups in total. The predicted molar refractivity (Wildman–Crippen MR) is 76.1 cm³/mol. The highest BCUT2D eigenvalue weighted by molar-refractivity contribution is 5.66. The maximum absolute atomic E-state index is 5.69. The fourth-order valence-corrected chi connectivity index (χ4v) is 2.80. The van der Waals surface area contributed by atoms with Crippen LogP contribution in [-0.2, 0) is 12.8 Å². The van der Waals surface area contributed by atoms with Crippen LogP contribution in [0.1, 0.15) is 17.7 Å². The van der Waals surface area contributed by atoms with Gasteiger partial charge in [-0.1, -0.05) is 0 Å². The molecule has 0 spiro atoms. The first-order valence-electron chi connectivity index (χ1n) is 6.65. The molecule has 0 saturated heterocycles. The fraction of sp³-hybridized carbons (Fsp3) is 0.214. The lowest BCUT2D eigenvalue weighted by atomic mass is 10.2. The number of rotatable bonds is 2. The highest BCUT2D eigenvalue weighted by atomic mass is 15.4. The van der Waals surface area contributed by atoms with Crippen LogP contribution in [0.15, 0.2) is 30.6 Å². The fourth-order valence-electron chi connectivity index (χ4n) is 2.80. The molecule has 0 aromatic carbocycles. The molecular weight excluding hydrogens is 252 g/mol. The second kappa shape index (κ2) is 4.28. The number of fused-ring (bicyclic) bond motifs is 2. The van der Waals surface area contributed by atoms with Crippen molar-refractivity contribution in [2.45, 2.75) is 19.3 Å².